The van der Waals surface area contributed by atoms with Crippen LogP contribution >= 0.6 is 0 Å². The lowest BCUT2D eigenvalue weighted by Crippen LogP contribution is -2.30. The highest BCUT2D eigenvalue weighted by atomic mass is 16.3. The Bertz CT molecular complexity index is 517. The fraction of sp³-hybridized carbons (Fsp3) is 0.722. The molecule has 0 heterocycles. The second-order valence-electron chi connectivity index (χ2n) is 6.92. The third-order valence-electron chi connectivity index (χ3n) is 5.23. The summed E-state index contributed by atoms with van der Waals surface area (Å²) in [5.41, 5.74) is 1.40. The van der Waals surface area contributed by atoms with Crippen molar-refractivity contribution >= 4 is 17.3 Å². The maximum atomic E-state index is 12.2. The van der Waals surface area contributed by atoms with Crippen LogP contribution in [-0.4, -0.2) is 28.6 Å². The van der Waals surface area contributed by atoms with E-state index in [9.17, 15) is 19.5 Å². The molecule has 1 N–H and O–H groups in total. The van der Waals surface area contributed by atoms with E-state index in [2.05, 4.69) is 0 Å². The molecule has 2 unspecified atom stereocenters. The predicted molar refractivity (Wildman–Crippen MR) is 83.4 cm³/mol. The molecule has 0 aromatic rings. The van der Waals surface area contributed by atoms with Crippen molar-refractivity contribution in [1.82, 2.24) is 0 Å². The van der Waals surface area contributed by atoms with Crippen LogP contribution in [0.5, 0.6) is 0 Å². The molecule has 0 radical (unpaired) electrons. The SMILES string of the molecule is CC(=O)CCCC(O)CCC1=C2CCC(=O)C2(C)CCC1=O. The summed E-state index contributed by atoms with van der Waals surface area (Å²) in [4.78, 5) is 35.2. The number of hydrogen-bond acceptors (Lipinski definition) is 4. The summed E-state index contributed by atoms with van der Waals surface area (Å²) < 4.78 is 0. The van der Waals surface area contributed by atoms with Crippen molar-refractivity contribution in [3.05, 3.63) is 11.1 Å². The van der Waals surface area contributed by atoms with E-state index in [4.69, 9.17) is 0 Å². The van der Waals surface area contributed by atoms with Crippen molar-refractivity contribution in [2.75, 3.05) is 0 Å². The van der Waals surface area contributed by atoms with E-state index in [1.165, 1.54) is 0 Å². The van der Waals surface area contributed by atoms with Crippen LogP contribution in [0.1, 0.15) is 71.6 Å². The lowest BCUT2D eigenvalue weighted by atomic mass is 9.71. The van der Waals surface area contributed by atoms with E-state index < -0.39 is 11.5 Å². The first kappa shape index (κ1) is 17.1. The molecule has 0 saturated heterocycles. The number of hydrogen-bond donors (Lipinski definition) is 1. The Morgan fingerprint density at radius 3 is 2.64 bits per heavy atom. The summed E-state index contributed by atoms with van der Waals surface area (Å²) in [6.07, 6.45) is 4.72. The van der Waals surface area contributed by atoms with Crippen molar-refractivity contribution in [3.63, 3.8) is 0 Å². The number of rotatable bonds is 7. The zero-order valence-electron chi connectivity index (χ0n) is 13.6. The topological polar surface area (TPSA) is 71.4 Å². The van der Waals surface area contributed by atoms with Crippen LogP contribution < -0.4 is 0 Å². The number of carbonyl (C=O) groups excluding carboxylic acids is 3. The normalized spacial score (nSPS) is 26.3. The van der Waals surface area contributed by atoms with Gasteiger partial charge in [-0.2, -0.15) is 0 Å². The van der Waals surface area contributed by atoms with Crippen LogP contribution in [-0.2, 0) is 14.4 Å². The minimum atomic E-state index is -0.481. The largest absolute Gasteiger partial charge is 0.393 e. The van der Waals surface area contributed by atoms with Crippen molar-refractivity contribution < 1.29 is 19.5 Å². The van der Waals surface area contributed by atoms with E-state index >= 15 is 0 Å². The quantitative estimate of drug-likeness (QED) is 0.785. The third-order valence-corrected chi connectivity index (χ3v) is 5.23. The predicted octanol–water partition coefficient (Wildman–Crippen LogP) is 2.92. The number of Topliss-reactive ketones (excluding diaryl/α,β-unsaturated/α-hetero) is 3. The number of fused-ring (bicyclic) bond motifs is 1. The first-order valence-corrected chi connectivity index (χ1v) is 8.31. The number of allylic oxidation sites excluding steroid dienone is 2. The van der Waals surface area contributed by atoms with Crippen LogP contribution in [0, 0.1) is 5.41 Å². The molecule has 4 nitrogen and oxygen atoms in total. The molecule has 0 aromatic heterocycles. The Morgan fingerprint density at radius 1 is 1.23 bits per heavy atom. The van der Waals surface area contributed by atoms with Crippen LogP contribution in [0.2, 0.25) is 0 Å². The van der Waals surface area contributed by atoms with Gasteiger partial charge in [-0.05, 0) is 63.5 Å². The summed E-state index contributed by atoms with van der Waals surface area (Å²) in [6.45, 7) is 3.52. The molecule has 0 bridgehead atoms. The van der Waals surface area contributed by atoms with Gasteiger partial charge in [0.05, 0.1) is 6.10 Å². The van der Waals surface area contributed by atoms with Gasteiger partial charge >= 0.3 is 0 Å². The fourth-order valence-electron chi connectivity index (χ4n) is 3.75. The second kappa shape index (κ2) is 6.86. The molecule has 0 aliphatic heterocycles. The molecule has 1 saturated carbocycles. The van der Waals surface area contributed by atoms with Gasteiger partial charge in [-0.15, -0.1) is 0 Å². The third kappa shape index (κ3) is 3.54. The van der Waals surface area contributed by atoms with Gasteiger partial charge in [0.2, 0.25) is 0 Å². The van der Waals surface area contributed by atoms with Gasteiger partial charge in [-0.25, -0.2) is 0 Å². The van der Waals surface area contributed by atoms with Crippen LogP contribution in [0.4, 0.5) is 0 Å². The molecule has 122 valence electrons. The monoisotopic (exact) mass is 306 g/mol. The minimum absolute atomic E-state index is 0.139. The van der Waals surface area contributed by atoms with Crippen molar-refractivity contribution in [3.8, 4) is 0 Å². The Labute approximate surface area is 132 Å². The maximum absolute atomic E-state index is 12.2. The lowest BCUT2D eigenvalue weighted by Gasteiger charge is -2.31. The van der Waals surface area contributed by atoms with E-state index in [1.54, 1.807) is 6.92 Å². The molecule has 0 spiro atoms. The number of aliphatic hydroxyl groups excluding tert-OH is 1. The Morgan fingerprint density at radius 2 is 1.95 bits per heavy atom. The van der Waals surface area contributed by atoms with Crippen LogP contribution in [0.15, 0.2) is 11.1 Å². The number of carbonyl (C=O) groups is 3. The summed E-state index contributed by atoms with van der Waals surface area (Å²) >= 11 is 0. The first-order chi connectivity index (χ1) is 10.3. The summed E-state index contributed by atoms with van der Waals surface area (Å²) in [6, 6.07) is 0. The van der Waals surface area contributed by atoms with Gasteiger partial charge in [0.15, 0.2) is 5.78 Å². The van der Waals surface area contributed by atoms with Gasteiger partial charge < -0.3 is 9.90 Å². The highest BCUT2D eigenvalue weighted by molar-refractivity contribution is 6.02. The standard InChI is InChI=1S/C18H26O4/c1-12(19)4-3-5-13(20)6-7-14-15-8-9-17(22)18(15,2)11-10-16(14)21/h13,20H,3-11H2,1-2H3. The van der Waals surface area contributed by atoms with Gasteiger partial charge in [0.25, 0.3) is 0 Å². The van der Waals surface area contributed by atoms with E-state index in [0.29, 0.717) is 57.8 Å². The average Bonchev–Trinajstić information content (AvgIpc) is 2.74. The molecule has 0 aromatic carbocycles. The Hall–Kier alpha value is -1.29. The second-order valence-corrected chi connectivity index (χ2v) is 6.92. The highest BCUT2D eigenvalue weighted by Gasteiger charge is 2.46. The summed E-state index contributed by atoms with van der Waals surface area (Å²) in [5, 5.41) is 10.0. The Balaban J connectivity index is 1.97. The molecular formula is C18H26O4. The number of ketones is 3. The molecule has 2 rings (SSSR count). The highest BCUT2D eigenvalue weighted by Crippen LogP contribution is 2.49. The molecule has 2 aliphatic carbocycles. The molecule has 1 fully saturated rings. The minimum Gasteiger partial charge on any atom is -0.393 e. The molecule has 2 atom stereocenters. The van der Waals surface area contributed by atoms with Gasteiger partial charge in [0.1, 0.15) is 11.6 Å². The van der Waals surface area contributed by atoms with Gasteiger partial charge in [-0.1, -0.05) is 0 Å². The first-order valence-electron chi connectivity index (χ1n) is 8.31. The lowest BCUT2D eigenvalue weighted by molar-refractivity contribution is -0.125. The van der Waals surface area contributed by atoms with Gasteiger partial charge in [0, 0.05) is 24.7 Å². The number of aliphatic hydroxyl groups is 1. The fourth-order valence-corrected chi connectivity index (χ4v) is 3.75. The summed E-state index contributed by atoms with van der Waals surface area (Å²) in [7, 11) is 0. The average molecular weight is 306 g/mol. The molecule has 2 aliphatic rings. The van der Waals surface area contributed by atoms with Crippen LogP contribution in [0.3, 0.4) is 0 Å². The van der Waals surface area contributed by atoms with Crippen molar-refractivity contribution in [2.45, 2.75) is 77.7 Å². The molecule has 22 heavy (non-hydrogen) atoms. The molecule has 0 amide bonds. The maximum Gasteiger partial charge on any atom is 0.158 e. The van der Waals surface area contributed by atoms with Gasteiger partial charge in [-0.3, -0.25) is 9.59 Å². The zero-order valence-corrected chi connectivity index (χ0v) is 13.6. The Kier molecular flexibility index (Phi) is 5.32. The zero-order chi connectivity index (χ0) is 16.3. The van der Waals surface area contributed by atoms with E-state index in [-0.39, 0.29) is 17.3 Å². The summed E-state index contributed by atoms with van der Waals surface area (Å²) in [5.74, 6) is 0.549. The molecular weight excluding hydrogens is 280 g/mol. The van der Waals surface area contributed by atoms with Crippen molar-refractivity contribution in [2.24, 2.45) is 5.41 Å². The van der Waals surface area contributed by atoms with E-state index in [0.717, 1.165) is 11.1 Å². The van der Waals surface area contributed by atoms with Crippen LogP contribution in [0.25, 0.3) is 0 Å². The smallest absolute Gasteiger partial charge is 0.158 e. The van der Waals surface area contributed by atoms with Crippen molar-refractivity contribution in [1.29, 1.82) is 0 Å². The molecule has 4 heteroatoms. The van der Waals surface area contributed by atoms with E-state index in [1.807, 2.05) is 6.92 Å².